The predicted octanol–water partition coefficient (Wildman–Crippen LogP) is 1.84. The Kier molecular flexibility index (Phi) is 6.48. The van der Waals surface area contributed by atoms with Gasteiger partial charge in [0, 0.05) is 10.6 Å². The van der Waals surface area contributed by atoms with Gasteiger partial charge in [-0.2, -0.15) is 0 Å². The first kappa shape index (κ1) is 12.0. The summed E-state index contributed by atoms with van der Waals surface area (Å²) in [6.45, 7) is 4.65. The van der Waals surface area contributed by atoms with Crippen LogP contribution in [0.4, 0.5) is 0 Å². The Morgan fingerprint density at radius 3 is 2.50 bits per heavy atom. The molecule has 2 atom stereocenters. The van der Waals surface area contributed by atoms with Crippen molar-refractivity contribution in [2.45, 2.75) is 20.3 Å². The summed E-state index contributed by atoms with van der Waals surface area (Å²) < 4.78 is 14.5. The van der Waals surface area contributed by atoms with Gasteiger partial charge in [-0.25, -0.2) is 5.26 Å². The minimum absolute atomic E-state index is 0.181. The maximum atomic E-state index is 10.8. The molecule has 0 amide bonds. The molecule has 0 rings (SSSR count). The van der Waals surface area contributed by atoms with Crippen molar-refractivity contribution in [3.63, 3.8) is 0 Å². The van der Waals surface area contributed by atoms with Crippen LogP contribution in [0.5, 0.6) is 0 Å². The second-order valence-electron chi connectivity index (χ2n) is 3.33. The first-order valence-corrected chi connectivity index (χ1v) is 5.42. The third-order valence-corrected chi connectivity index (χ3v) is 2.63. The van der Waals surface area contributed by atoms with Gasteiger partial charge in [-0.15, -0.1) is 0 Å². The minimum atomic E-state index is -1.93. The number of nitrogens with two attached hydrogens (primary N) is 1. The molecule has 0 radical (unpaired) electrons. The molecule has 0 saturated heterocycles. The number of hydrogen-bond acceptors (Lipinski definition) is 4. The summed E-state index contributed by atoms with van der Waals surface area (Å²) in [5.74, 6) is 0.710. The number of rotatable bonds is 6. The van der Waals surface area contributed by atoms with Crippen LogP contribution in [0.3, 0.4) is 0 Å². The zero-order chi connectivity index (χ0) is 9.56. The summed E-state index contributed by atoms with van der Waals surface area (Å²) in [4.78, 5) is 0. The van der Waals surface area contributed by atoms with E-state index in [1.807, 2.05) is 0 Å². The summed E-state index contributed by atoms with van der Waals surface area (Å²) in [6, 6.07) is 0. The minimum Gasteiger partial charge on any atom is -0.330 e. The highest BCUT2D eigenvalue weighted by atomic mass is 31.1. The van der Waals surface area contributed by atoms with E-state index in [1.165, 1.54) is 0 Å². The number of hydrogen-bond donors (Lipinski definition) is 2. The van der Waals surface area contributed by atoms with Gasteiger partial charge >= 0.3 is 8.03 Å². The molecule has 4 nitrogen and oxygen atoms in total. The molecule has 2 unspecified atom stereocenters. The molecule has 0 aliphatic rings. The Balaban J connectivity index is 3.74. The Labute approximate surface area is 73.9 Å². The van der Waals surface area contributed by atoms with E-state index < -0.39 is 8.03 Å². The van der Waals surface area contributed by atoms with Gasteiger partial charge in [0.2, 0.25) is 0 Å². The third-order valence-electron chi connectivity index (χ3n) is 1.64. The molecule has 5 heteroatoms. The van der Waals surface area contributed by atoms with Crippen LogP contribution in [0.2, 0.25) is 0 Å². The second kappa shape index (κ2) is 6.49. The van der Waals surface area contributed by atoms with Crippen LogP contribution < -0.4 is 5.73 Å². The third kappa shape index (κ3) is 5.61. The average Bonchev–Trinajstić information content (AvgIpc) is 2.02. The van der Waals surface area contributed by atoms with Gasteiger partial charge in [-0.05, 0) is 23.4 Å². The molecule has 3 N–H and O–H groups in total. The van der Waals surface area contributed by atoms with Crippen LogP contribution in [0, 0.1) is 11.8 Å². The van der Waals surface area contributed by atoms with E-state index >= 15 is 0 Å². The molecule has 72 valence electrons. The summed E-state index contributed by atoms with van der Waals surface area (Å²) in [7, 11) is -1.93. The normalized spacial score (nSPS) is 14.9. The van der Waals surface area contributed by atoms with Gasteiger partial charge in [0.05, 0.1) is 0 Å². The molecule has 0 heterocycles. The van der Waals surface area contributed by atoms with Crippen molar-refractivity contribution in [3.8, 4) is 0 Å². The Bertz CT molecular complexity index is 141. The van der Waals surface area contributed by atoms with E-state index in [1.54, 1.807) is 0 Å². The Morgan fingerprint density at radius 2 is 2.17 bits per heavy atom. The molecule has 0 spiro atoms. The van der Waals surface area contributed by atoms with Crippen LogP contribution in [-0.4, -0.2) is 18.0 Å². The molecule has 0 aliphatic carbocycles. The quantitative estimate of drug-likeness (QED) is 0.384. The highest BCUT2D eigenvalue weighted by Crippen LogP contribution is 2.26. The fourth-order valence-electron chi connectivity index (χ4n) is 1.16. The van der Waals surface area contributed by atoms with Crippen molar-refractivity contribution < 1.29 is 14.5 Å². The standard InChI is InChI=1S/C7H16NO3P/c1-6(2)3-7(4-8)5-12(10)11-9/h6-7H,3-5,8H2,1-2H3/p+1. The maximum Gasteiger partial charge on any atom is 0.539 e. The van der Waals surface area contributed by atoms with Crippen LogP contribution in [-0.2, 0) is 9.24 Å². The van der Waals surface area contributed by atoms with Gasteiger partial charge in [0.25, 0.3) is 0 Å². The molecular weight excluding hydrogens is 177 g/mol. The average molecular weight is 194 g/mol. The van der Waals surface area contributed by atoms with Gasteiger partial charge < -0.3 is 5.73 Å². The second-order valence-corrected chi connectivity index (χ2v) is 4.52. The largest absolute Gasteiger partial charge is 0.539 e. The first-order valence-electron chi connectivity index (χ1n) is 4.06. The fraction of sp³-hybridized carbons (Fsp3) is 1.00. The molecule has 0 aliphatic heterocycles. The fourth-order valence-corrected chi connectivity index (χ4v) is 1.94. The lowest BCUT2D eigenvalue weighted by Gasteiger charge is -2.10. The molecule has 0 bridgehead atoms. The lowest BCUT2D eigenvalue weighted by Crippen LogP contribution is -2.18. The van der Waals surface area contributed by atoms with E-state index in [0.29, 0.717) is 18.6 Å². The topological polar surface area (TPSA) is 72.6 Å². The smallest absolute Gasteiger partial charge is 0.330 e. The van der Waals surface area contributed by atoms with E-state index in [-0.39, 0.29) is 5.92 Å². The lowest BCUT2D eigenvalue weighted by atomic mass is 9.99. The summed E-state index contributed by atoms with van der Waals surface area (Å²) >= 11 is 0. The molecule has 0 aromatic rings. The van der Waals surface area contributed by atoms with Crippen LogP contribution in [0.15, 0.2) is 0 Å². The van der Waals surface area contributed by atoms with Crippen molar-refractivity contribution in [2.24, 2.45) is 17.6 Å². The molecule has 0 fully saturated rings. The first-order chi connectivity index (χ1) is 5.60. The molecule has 0 aromatic heterocycles. The van der Waals surface area contributed by atoms with E-state index in [0.717, 1.165) is 6.42 Å². The van der Waals surface area contributed by atoms with Gasteiger partial charge in [-0.1, -0.05) is 13.8 Å². The van der Waals surface area contributed by atoms with Crippen molar-refractivity contribution in [2.75, 3.05) is 12.7 Å². The zero-order valence-electron chi connectivity index (χ0n) is 7.56. The van der Waals surface area contributed by atoms with Crippen LogP contribution in [0.1, 0.15) is 20.3 Å². The van der Waals surface area contributed by atoms with Gasteiger partial charge in [0.1, 0.15) is 0 Å². The molecule has 0 aromatic carbocycles. The predicted molar refractivity (Wildman–Crippen MR) is 48.2 cm³/mol. The summed E-state index contributed by atoms with van der Waals surface area (Å²) in [5, 5.41) is 8.09. The van der Waals surface area contributed by atoms with Crippen molar-refractivity contribution >= 4 is 8.03 Å². The molecular formula is C7H17NO3P+. The summed E-state index contributed by atoms with van der Waals surface area (Å²) in [5.41, 5.74) is 5.46. The highest BCUT2D eigenvalue weighted by molar-refractivity contribution is 7.38. The van der Waals surface area contributed by atoms with Crippen molar-refractivity contribution in [1.29, 1.82) is 0 Å². The van der Waals surface area contributed by atoms with Crippen molar-refractivity contribution in [1.82, 2.24) is 0 Å². The van der Waals surface area contributed by atoms with Crippen LogP contribution >= 0.6 is 8.03 Å². The lowest BCUT2D eigenvalue weighted by molar-refractivity contribution is -0.130. The SMILES string of the molecule is CC(C)CC(CN)C[P+](=O)OO. The molecule has 12 heavy (non-hydrogen) atoms. The van der Waals surface area contributed by atoms with Crippen LogP contribution in [0.25, 0.3) is 0 Å². The Morgan fingerprint density at radius 1 is 1.58 bits per heavy atom. The zero-order valence-corrected chi connectivity index (χ0v) is 8.46. The van der Waals surface area contributed by atoms with Gasteiger partial charge in [0.15, 0.2) is 6.16 Å². The highest BCUT2D eigenvalue weighted by Gasteiger charge is 2.24. The monoisotopic (exact) mass is 194 g/mol. The summed E-state index contributed by atoms with van der Waals surface area (Å²) in [6.07, 6.45) is 1.27. The molecule has 0 saturated carbocycles. The van der Waals surface area contributed by atoms with Gasteiger partial charge in [-0.3, -0.25) is 0 Å². The maximum absolute atomic E-state index is 10.8. The van der Waals surface area contributed by atoms with E-state index in [4.69, 9.17) is 11.0 Å². The Hall–Kier alpha value is -0.0200. The van der Waals surface area contributed by atoms with E-state index in [2.05, 4.69) is 18.5 Å². The van der Waals surface area contributed by atoms with Crippen molar-refractivity contribution in [3.05, 3.63) is 0 Å². The van der Waals surface area contributed by atoms with E-state index in [9.17, 15) is 4.57 Å².